The lowest BCUT2D eigenvalue weighted by Crippen LogP contribution is -2.50. The fourth-order valence-electron chi connectivity index (χ4n) is 5.43. The number of likely N-dealkylation sites (N-methyl/N-ethyl adjacent to an activating group) is 1. The van der Waals surface area contributed by atoms with E-state index in [-0.39, 0.29) is 60.6 Å². The molecule has 0 bridgehead atoms. The molecule has 0 radical (unpaired) electrons. The summed E-state index contributed by atoms with van der Waals surface area (Å²) >= 11 is 0. The van der Waals surface area contributed by atoms with Gasteiger partial charge in [-0.3, -0.25) is 4.79 Å². The number of nitrogens with one attached hydrogen (secondary N) is 3. The number of rotatable bonds is 7. The van der Waals surface area contributed by atoms with Gasteiger partial charge in [0.15, 0.2) is 0 Å². The van der Waals surface area contributed by atoms with Gasteiger partial charge >= 0.3 is 18.2 Å². The molecule has 0 unspecified atom stereocenters. The Kier molecular flexibility index (Phi) is 10.6. The molecule has 1 heterocycles. The number of halogens is 3. The number of urea groups is 2. The second-order valence-electron chi connectivity index (χ2n) is 11.7. The summed E-state index contributed by atoms with van der Waals surface area (Å²) in [6, 6.07) is 7.61. The lowest BCUT2D eigenvalue weighted by atomic mass is 9.96. The Bertz CT molecular complexity index is 1320. The normalized spacial score (nSPS) is 20.0. The molecule has 0 saturated heterocycles. The van der Waals surface area contributed by atoms with Gasteiger partial charge in [-0.05, 0) is 62.2 Å². The first-order chi connectivity index (χ1) is 20.8. The van der Waals surface area contributed by atoms with Crippen LogP contribution in [0.25, 0.3) is 0 Å². The summed E-state index contributed by atoms with van der Waals surface area (Å²) in [6.07, 6.45) is 0.0756. The van der Waals surface area contributed by atoms with Crippen LogP contribution < -0.4 is 20.7 Å². The maximum Gasteiger partial charge on any atom is 0.416 e. The van der Waals surface area contributed by atoms with Crippen molar-refractivity contribution in [3.8, 4) is 5.75 Å². The quantitative estimate of drug-likeness (QED) is 0.324. The molecule has 1 saturated carbocycles. The number of carbonyl (C=O) groups excluding carboxylic acids is 3. The molecule has 1 aliphatic heterocycles. The minimum atomic E-state index is -4.48. The lowest BCUT2D eigenvalue weighted by molar-refractivity contribution is -0.137. The van der Waals surface area contributed by atoms with Crippen LogP contribution in [-0.2, 0) is 6.18 Å². The van der Waals surface area contributed by atoms with Crippen molar-refractivity contribution in [2.45, 2.75) is 70.3 Å². The van der Waals surface area contributed by atoms with Crippen molar-refractivity contribution in [2.24, 2.45) is 5.92 Å². The van der Waals surface area contributed by atoms with Gasteiger partial charge in [-0.1, -0.05) is 26.2 Å². The molecule has 1 aliphatic carbocycles. The number of aliphatic hydroxyl groups is 1. The summed E-state index contributed by atoms with van der Waals surface area (Å²) in [5.74, 6) is -0.380. The third-order valence-electron chi connectivity index (χ3n) is 8.13. The van der Waals surface area contributed by atoms with Crippen LogP contribution in [0.3, 0.4) is 0 Å². The standard InChI is InChI=1S/C31H40F3N5O5/c1-19-16-39(20(2)18-40)28(41)25-15-24(36-29(42)35-22-7-5-4-6-8-22)13-14-26(25)44-27(19)17-38(3)30(43)37-23-11-9-21(10-12-23)31(32,33)34/h9-15,19-20,22,27,40H,4-8,16-18H2,1-3H3,(H,37,43)(H2,35,36,42)/t19-,20+,27-/m0/s1. The van der Waals surface area contributed by atoms with Gasteiger partial charge in [-0.25, -0.2) is 9.59 Å². The van der Waals surface area contributed by atoms with Gasteiger partial charge in [0.2, 0.25) is 0 Å². The maximum atomic E-state index is 13.7. The van der Waals surface area contributed by atoms with Gasteiger partial charge in [0.05, 0.1) is 30.3 Å². The van der Waals surface area contributed by atoms with Crippen LogP contribution >= 0.6 is 0 Å². The molecule has 10 nitrogen and oxygen atoms in total. The number of amides is 5. The number of alkyl halides is 3. The molecule has 13 heteroatoms. The predicted molar refractivity (Wildman–Crippen MR) is 160 cm³/mol. The number of fused-ring (bicyclic) bond motifs is 1. The molecular weight excluding hydrogens is 579 g/mol. The lowest BCUT2D eigenvalue weighted by Gasteiger charge is -2.38. The zero-order valence-corrected chi connectivity index (χ0v) is 25.1. The molecule has 4 rings (SSSR count). The zero-order valence-electron chi connectivity index (χ0n) is 25.1. The molecule has 4 N–H and O–H groups in total. The molecule has 2 aliphatic rings. The van der Waals surface area contributed by atoms with Crippen LogP contribution in [0.2, 0.25) is 0 Å². The average Bonchev–Trinajstić information content (AvgIpc) is 2.99. The highest BCUT2D eigenvalue weighted by atomic mass is 19.4. The molecule has 44 heavy (non-hydrogen) atoms. The number of hydrogen-bond acceptors (Lipinski definition) is 5. The van der Waals surface area contributed by atoms with E-state index in [1.165, 1.54) is 24.1 Å². The Hall–Kier alpha value is -4.00. The maximum absolute atomic E-state index is 13.7. The third kappa shape index (κ3) is 8.34. The number of benzene rings is 2. The SMILES string of the molecule is C[C@H](CO)N1C[C@H](C)[C@H](CN(C)C(=O)Nc2ccc(C(F)(F)F)cc2)Oc2ccc(NC(=O)NC3CCCCC3)cc2C1=O. The summed E-state index contributed by atoms with van der Waals surface area (Å²) in [5, 5.41) is 18.3. The Labute approximate surface area is 254 Å². The topological polar surface area (TPSA) is 123 Å². The van der Waals surface area contributed by atoms with E-state index in [0.29, 0.717) is 5.69 Å². The second-order valence-corrected chi connectivity index (χ2v) is 11.7. The Morgan fingerprint density at radius 3 is 2.36 bits per heavy atom. The fraction of sp³-hybridized carbons (Fsp3) is 0.516. The molecular formula is C31H40F3N5O5. The van der Waals surface area contributed by atoms with Crippen molar-refractivity contribution in [3.05, 3.63) is 53.6 Å². The first kappa shape index (κ1) is 32.9. The van der Waals surface area contributed by atoms with E-state index < -0.39 is 29.9 Å². The van der Waals surface area contributed by atoms with E-state index in [1.807, 2.05) is 6.92 Å². The van der Waals surface area contributed by atoms with Crippen molar-refractivity contribution >= 4 is 29.3 Å². The highest BCUT2D eigenvalue weighted by Gasteiger charge is 2.34. The average molecular weight is 620 g/mol. The fourth-order valence-corrected chi connectivity index (χ4v) is 5.43. The number of aliphatic hydroxyl groups excluding tert-OH is 1. The van der Waals surface area contributed by atoms with Crippen molar-refractivity contribution in [2.75, 3.05) is 37.4 Å². The number of hydrogen-bond donors (Lipinski definition) is 4. The van der Waals surface area contributed by atoms with Crippen LogP contribution in [0.1, 0.15) is 61.9 Å². The molecule has 3 atom stereocenters. The first-order valence-electron chi connectivity index (χ1n) is 14.8. The molecule has 5 amide bonds. The first-order valence-corrected chi connectivity index (χ1v) is 14.8. The molecule has 2 aromatic carbocycles. The highest BCUT2D eigenvalue weighted by molar-refractivity contribution is 5.99. The molecule has 240 valence electrons. The van der Waals surface area contributed by atoms with Crippen molar-refractivity contribution in [1.29, 1.82) is 0 Å². The molecule has 1 fully saturated rings. The van der Waals surface area contributed by atoms with Gasteiger partial charge in [-0.15, -0.1) is 0 Å². The van der Waals surface area contributed by atoms with Gasteiger partial charge in [-0.2, -0.15) is 13.2 Å². The van der Waals surface area contributed by atoms with Crippen LogP contribution in [0.4, 0.5) is 34.1 Å². The molecule has 2 aromatic rings. The summed E-state index contributed by atoms with van der Waals surface area (Å²) in [7, 11) is 1.53. The van der Waals surface area contributed by atoms with Crippen LogP contribution in [0, 0.1) is 5.92 Å². The van der Waals surface area contributed by atoms with Gasteiger partial charge < -0.3 is 35.6 Å². The van der Waals surface area contributed by atoms with E-state index in [2.05, 4.69) is 16.0 Å². The Balaban J connectivity index is 1.50. The van der Waals surface area contributed by atoms with Crippen molar-refractivity contribution in [3.63, 3.8) is 0 Å². The zero-order chi connectivity index (χ0) is 32.0. The summed E-state index contributed by atoms with van der Waals surface area (Å²) < 4.78 is 45.0. The van der Waals surface area contributed by atoms with Crippen LogP contribution in [0.15, 0.2) is 42.5 Å². The summed E-state index contributed by atoms with van der Waals surface area (Å²) in [6.45, 7) is 3.64. The van der Waals surface area contributed by atoms with E-state index >= 15 is 0 Å². The number of anilines is 2. The van der Waals surface area contributed by atoms with E-state index in [4.69, 9.17) is 4.74 Å². The second kappa shape index (κ2) is 14.2. The number of ether oxygens (including phenoxy) is 1. The van der Waals surface area contributed by atoms with Crippen LogP contribution in [-0.4, -0.2) is 77.8 Å². The Morgan fingerprint density at radius 1 is 1.07 bits per heavy atom. The minimum Gasteiger partial charge on any atom is -0.487 e. The van der Waals surface area contributed by atoms with Crippen molar-refractivity contribution < 1.29 is 37.4 Å². The number of carbonyl (C=O) groups is 3. The predicted octanol–water partition coefficient (Wildman–Crippen LogP) is 5.54. The summed E-state index contributed by atoms with van der Waals surface area (Å²) in [5.41, 5.74) is -0.00930. The van der Waals surface area contributed by atoms with Gasteiger partial charge in [0, 0.05) is 36.9 Å². The van der Waals surface area contributed by atoms with E-state index in [1.54, 1.807) is 30.0 Å². The molecule has 0 spiro atoms. The monoisotopic (exact) mass is 619 g/mol. The highest BCUT2D eigenvalue weighted by Crippen LogP contribution is 2.32. The van der Waals surface area contributed by atoms with Crippen LogP contribution in [0.5, 0.6) is 5.75 Å². The third-order valence-corrected chi connectivity index (χ3v) is 8.13. The van der Waals surface area contributed by atoms with Gasteiger partial charge in [0.25, 0.3) is 5.91 Å². The minimum absolute atomic E-state index is 0.0897. The summed E-state index contributed by atoms with van der Waals surface area (Å²) in [4.78, 5) is 42.2. The largest absolute Gasteiger partial charge is 0.487 e. The molecule has 0 aromatic heterocycles. The number of nitrogens with zero attached hydrogens (tertiary/aromatic N) is 2. The van der Waals surface area contributed by atoms with E-state index in [0.717, 1.165) is 44.2 Å². The van der Waals surface area contributed by atoms with Crippen molar-refractivity contribution in [1.82, 2.24) is 15.1 Å². The Morgan fingerprint density at radius 2 is 1.73 bits per heavy atom. The smallest absolute Gasteiger partial charge is 0.416 e. The van der Waals surface area contributed by atoms with E-state index in [9.17, 15) is 32.7 Å². The van der Waals surface area contributed by atoms with Gasteiger partial charge in [0.1, 0.15) is 11.9 Å².